The normalized spacial score (nSPS) is 27.7. The maximum absolute atomic E-state index is 5.25. The van der Waals surface area contributed by atoms with E-state index in [1.165, 1.54) is 38.0 Å². The largest absolute Gasteiger partial charge is 0.497 e. The van der Waals surface area contributed by atoms with Crippen LogP contribution in [0.2, 0.25) is 0 Å². The molecule has 3 atom stereocenters. The van der Waals surface area contributed by atoms with Crippen LogP contribution in [0.25, 0.3) is 0 Å². The first-order chi connectivity index (χ1) is 11.8. The molecule has 2 heterocycles. The van der Waals surface area contributed by atoms with Gasteiger partial charge in [0.1, 0.15) is 5.75 Å². The first kappa shape index (κ1) is 17.7. The Morgan fingerprint density at radius 3 is 2.83 bits per heavy atom. The van der Waals surface area contributed by atoms with Gasteiger partial charge in [0.05, 0.1) is 13.2 Å². The zero-order valence-corrected chi connectivity index (χ0v) is 15.1. The average Bonchev–Trinajstić information content (AvgIpc) is 3.25. The fourth-order valence-electron chi connectivity index (χ4n) is 3.96. The van der Waals surface area contributed by atoms with Crippen LogP contribution in [0.15, 0.2) is 24.3 Å². The van der Waals surface area contributed by atoms with E-state index in [0.29, 0.717) is 12.0 Å². The van der Waals surface area contributed by atoms with Crippen molar-refractivity contribution >= 4 is 0 Å². The number of hydrogen-bond acceptors (Lipinski definition) is 5. The van der Waals surface area contributed by atoms with Crippen molar-refractivity contribution in [3.05, 3.63) is 29.8 Å². The van der Waals surface area contributed by atoms with E-state index >= 15 is 0 Å². The lowest BCUT2D eigenvalue weighted by atomic mass is 9.94. The van der Waals surface area contributed by atoms with E-state index in [9.17, 15) is 0 Å². The van der Waals surface area contributed by atoms with Crippen LogP contribution in [0.1, 0.15) is 31.4 Å². The third-order valence-electron chi connectivity index (χ3n) is 5.32. The molecule has 0 bridgehead atoms. The molecule has 0 aromatic heterocycles. The molecule has 2 aliphatic rings. The summed E-state index contributed by atoms with van der Waals surface area (Å²) in [7, 11) is 1.71. The van der Waals surface area contributed by atoms with Gasteiger partial charge in [-0.25, -0.2) is 5.43 Å². The molecule has 134 valence electrons. The second-order valence-corrected chi connectivity index (χ2v) is 7.15. The number of benzene rings is 1. The van der Waals surface area contributed by atoms with Gasteiger partial charge >= 0.3 is 0 Å². The SMILES string of the molecule is CCCN1CCC(CNCC2CNNC2c2ccc(OC)cc2)C1. The summed E-state index contributed by atoms with van der Waals surface area (Å²) in [6.07, 6.45) is 2.61. The molecule has 3 N–H and O–H groups in total. The quantitative estimate of drug-likeness (QED) is 0.677. The van der Waals surface area contributed by atoms with Gasteiger partial charge in [0.25, 0.3) is 0 Å². The molecule has 3 rings (SSSR count). The van der Waals surface area contributed by atoms with Crippen LogP contribution in [-0.4, -0.2) is 51.3 Å². The standard InChI is InChI=1S/C19H32N4O/c1-3-9-23-10-8-15(14-23)11-20-12-17-13-21-22-19(17)16-4-6-18(24-2)7-5-16/h4-7,15,17,19-22H,3,8-14H2,1-2H3. The van der Waals surface area contributed by atoms with Crippen LogP contribution in [-0.2, 0) is 0 Å². The summed E-state index contributed by atoms with van der Waals surface area (Å²) in [5.41, 5.74) is 8.07. The number of hydrogen-bond donors (Lipinski definition) is 3. The van der Waals surface area contributed by atoms with E-state index in [1.54, 1.807) is 7.11 Å². The van der Waals surface area contributed by atoms with E-state index < -0.39 is 0 Å². The molecular weight excluding hydrogens is 300 g/mol. The van der Waals surface area contributed by atoms with Gasteiger partial charge in [-0.05, 0) is 56.1 Å². The zero-order valence-electron chi connectivity index (χ0n) is 15.1. The Bertz CT molecular complexity index is 493. The first-order valence-corrected chi connectivity index (χ1v) is 9.35. The number of likely N-dealkylation sites (tertiary alicyclic amines) is 1. The van der Waals surface area contributed by atoms with Gasteiger partial charge in [0, 0.05) is 25.6 Å². The lowest BCUT2D eigenvalue weighted by molar-refractivity contribution is 0.320. The summed E-state index contributed by atoms with van der Waals surface area (Å²) in [4.78, 5) is 2.60. The van der Waals surface area contributed by atoms with Crippen molar-refractivity contribution in [1.82, 2.24) is 21.1 Å². The third kappa shape index (κ3) is 4.48. The van der Waals surface area contributed by atoms with Crippen molar-refractivity contribution in [1.29, 1.82) is 0 Å². The van der Waals surface area contributed by atoms with Crippen molar-refractivity contribution in [3.63, 3.8) is 0 Å². The highest BCUT2D eigenvalue weighted by Crippen LogP contribution is 2.26. The minimum atomic E-state index is 0.364. The fourth-order valence-corrected chi connectivity index (χ4v) is 3.96. The van der Waals surface area contributed by atoms with Gasteiger partial charge in [-0.15, -0.1) is 0 Å². The molecular formula is C19H32N4O. The number of nitrogens with one attached hydrogen (secondary N) is 3. The van der Waals surface area contributed by atoms with Gasteiger partial charge in [0.15, 0.2) is 0 Å². The van der Waals surface area contributed by atoms with Crippen LogP contribution in [0.4, 0.5) is 0 Å². The Hall–Kier alpha value is -1.14. The van der Waals surface area contributed by atoms with E-state index in [0.717, 1.165) is 31.3 Å². The zero-order chi connectivity index (χ0) is 16.8. The van der Waals surface area contributed by atoms with Crippen LogP contribution in [0.3, 0.4) is 0 Å². The predicted octanol–water partition coefficient (Wildman–Crippen LogP) is 1.78. The maximum atomic E-state index is 5.25. The smallest absolute Gasteiger partial charge is 0.118 e. The molecule has 2 saturated heterocycles. The second-order valence-electron chi connectivity index (χ2n) is 7.15. The Labute approximate surface area is 146 Å². The molecule has 5 heteroatoms. The molecule has 0 saturated carbocycles. The van der Waals surface area contributed by atoms with Crippen molar-refractivity contribution in [2.45, 2.75) is 25.8 Å². The highest BCUT2D eigenvalue weighted by Gasteiger charge is 2.28. The Balaban J connectivity index is 1.44. The van der Waals surface area contributed by atoms with E-state index in [4.69, 9.17) is 4.74 Å². The molecule has 2 aliphatic heterocycles. The summed E-state index contributed by atoms with van der Waals surface area (Å²) in [6, 6.07) is 8.77. The summed E-state index contributed by atoms with van der Waals surface area (Å²) < 4.78 is 5.25. The molecule has 2 fully saturated rings. The summed E-state index contributed by atoms with van der Waals surface area (Å²) >= 11 is 0. The van der Waals surface area contributed by atoms with Gasteiger partial charge in [-0.3, -0.25) is 5.43 Å². The molecule has 1 aromatic carbocycles. The summed E-state index contributed by atoms with van der Waals surface area (Å²) in [6.45, 7) is 9.28. The fraction of sp³-hybridized carbons (Fsp3) is 0.684. The maximum Gasteiger partial charge on any atom is 0.118 e. The lowest BCUT2D eigenvalue weighted by Crippen LogP contribution is -2.33. The average molecular weight is 332 g/mol. The molecule has 5 nitrogen and oxygen atoms in total. The second kappa shape index (κ2) is 8.81. The lowest BCUT2D eigenvalue weighted by Gasteiger charge is -2.21. The van der Waals surface area contributed by atoms with Crippen LogP contribution in [0, 0.1) is 11.8 Å². The molecule has 24 heavy (non-hydrogen) atoms. The van der Waals surface area contributed by atoms with Gasteiger partial charge in [-0.1, -0.05) is 19.1 Å². The molecule has 0 aliphatic carbocycles. The van der Waals surface area contributed by atoms with Gasteiger partial charge in [0.2, 0.25) is 0 Å². The number of hydrazine groups is 1. The van der Waals surface area contributed by atoms with Crippen LogP contribution >= 0.6 is 0 Å². The molecule has 0 radical (unpaired) electrons. The van der Waals surface area contributed by atoms with Crippen molar-refractivity contribution < 1.29 is 4.74 Å². The third-order valence-corrected chi connectivity index (χ3v) is 5.32. The van der Waals surface area contributed by atoms with Crippen molar-refractivity contribution in [2.75, 3.05) is 46.4 Å². The number of methoxy groups -OCH3 is 1. The predicted molar refractivity (Wildman–Crippen MR) is 98.1 cm³/mol. The monoisotopic (exact) mass is 332 g/mol. The number of ether oxygens (including phenoxy) is 1. The Morgan fingerprint density at radius 2 is 2.08 bits per heavy atom. The van der Waals surface area contributed by atoms with E-state index in [1.807, 2.05) is 12.1 Å². The number of nitrogens with zero attached hydrogens (tertiary/aromatic N) is 1. The topological polar surface area (TPSA) is 48.6 Å². The Kier molecular flexibility index (Phi) is 6.49. The summed E-state index contributed by atoms with van der Waals surface area (Å²) in [5, 5.41) is 3.72. The van der Waals surface area contributed by atoms with Crippen LogP contribution in [0.5, 0.6) is 5.75 Å². The molecule has 3 unspecified atom stereocenters. The van der Waals surface area contributed by atoms with E-state index in [2.05, 4.69) is 40.1 Å². The minimum Gasteiger partial charge on any atom is -0.497 e. The van der Waals surface area contributed by atoms with Gasteiger partial charge in [-0.2, -0.15) is 0 Å². The molecule has 0 spiro atoms. The van der Waals surface area contributed by atoms with E-state index in [-0.39, 0.29) is 0 Å². The number of rotatable bonds is 8. The highest BCUT2D eigenvalue weighted by molar-refractivity contribution is 5.30. The van der Waals surface area contributed by atoms with Crippen LogP contribution < -0.4 is 20.9 Å². The first-order valence-electron chi connectivity index (χ1n) is 9.35. The van der Waals surface area contributed by atoms with Gasteiger partial charge < -0.3 is 15.0 Å². The minimum absolute atomic E-state index is 0.364. The molecule has 0 amide bonds. The summed E-state index contributed by atoms with van der Waals surface area (Å²) in [5.74, 6) is 2.31. The van der Waals surface area contributed by atoms with Crippen molar-refractivity contribution in [2.24, 2.45) is 11.8 Å². The molecule has 1 aromatic rings. The van der Waals surface area contributed by atoms with Crippen molar-refractivity contribution in [3.8, 4) is 5.75 Å². The Morgan fingerprint density at radius 1 is 1.25 bits per heavy atom. The highest BCUT2D eigenvalue weighted by atomic mass is 16.5.